The van der Waals surface area contributed by atoms with Crippen molar-refractivity contribution in [1.82, 2.24) is 0 Å². The van der Waals surface area contributed by atoms with Crippen molar-refractivity contribution in [3.05, 3.63) is 22.3 Å². The minimum absolute atomic E-state index is 0.171. The summed E-state index contributed by atoms with van der Waals surface area (Å²) in [5, 5.41) is 0. The number of carbonyl (C=O) groups excluding carboxylic acids is 2. The van der Waals surface area contributed by atoms with Crippen molar-refractivity contribution in [3.63, 3.8) is 0 Å². The highest BCUT2D eigenvalue weighted by molar-refractivity contribution is 5.93. The lowest BCUT2D eigenvalue weighted by Gasteiger charge is -1.98. The number of esters is 1. The maximum absolute atomic E-state index is 10.7. The number of ether oxygens (including phenoxy) is 1. The maximum Gasteiger partial charge on any atom is 0.333 e. The van der Waals surface area contributed by atoms with E-state index in [0.717, 1.165) is 16.7 Å². The van der Waals surface area contributed by atoms with Gasteiger partial charge in [-0.3, -0.25) is 4.79 Å². The van der Waals surface area contributed by atoms with Crippen molar-refractivity contribution in [2.24, 2.45) is 0 Å². The Hall–Kier alpha value is -1.38. The third-order valence-electron chi connectivity index (χ3n) is 2.52. The van der Waals surface area contributed by atoms with Crippen LogP contribution in [0.25, 0.3) is 0 Å². The first-order valence-corrected chi connectivity index (χ1v) is 5.52. The predicted octanol–water partition coefficient (Wildman–Crippen LogP) is 3.45. The summed E-state index contributed by atoms with van der Waals surface area (Å²) in [4.78, 5) is 21.2. The number of methoxy groups -OCH3 is 1. The predicted molar refractivity (Wildman–Crippen MR) is 70.8 cm³/mol. The molecule has 0 N–H and O–H groups in total. The second-order valence-electron chi connectivity index (χ2n) is 4.30. The molecule has 0 aromatic rings. The van der Waals surface area contributed by atoms with Crippen LogP contribution in [0, 0.1) is 0 Å². The molecule has 0 aliphatic rings. The van der Waals surface area contributed by atoms with E-state index >= 15 is 0 Å². The van der Waals surface area contributed by atoms with Gasteiger partial charge in [-0.2, -0.15) is 0 Å². The number of hydrogen-bond donors (Lipinski definition) is 0. The van der Waals surface area contributed by atoms with E-state index in [1.54, 1.807) is 13.8 Å². The second-order valence-corrected chi connectivity index (χ2v) is 4.30. The van der Waals surface area contributed by atoms with Gasteiger partial charge in [0.2, 0.25) is 0 Å². The Morgan fingerprint density at radius 2 is 1.06 bits per heavy atom. The molecule has 0 radical (unpaired) electrons. The molecule has 0 bridgehead atoms. The van der Waals surface area contributed by atoms with Crippen LogP contribution in [-0.2, 0) is 14.3 Å². The molecule has 0 atom stereocenters. The molecule has 3 heteroatoms. The Morgan fingerprint density at radius 3 is 1.12 bits per heavy atom. The molecule has 0 unspecified atom stereocenters. The molecule has 0 saturated carbocycles. The van der Waals surface area contributed by atoms with Crippen molar-refractivity contribution < 1.29 is 14.3 Å². The first-order valence-electron chi connectivity index (χ1n) is 5.52. The van der Waals surface area contributed by atoms with Crippen molar-refractivity contribution >= 4 is 11.8 Å². The molecular weight excluding hydrogens is 216 g/mol. The molecule has 0 aliphatic carbocycles. The van der Waals surface area contributed by atoms with Crippen LogP contribution in [0.1, 0.15) is 48.5 Å². The highest BCUT2D eigenvalue weighted by Crippen LogP contribution is 2.02. The number of carbonyl (C=O) groups is 2. The van der Waals surface area contributed by atoms with Gasteiger partial charge in [-0.1, -0.05) is 11.1 Å². The highest BCUT2D eigenvalue weighted by atomic mass is 16.5. The molecule has 0 aromatic carbocycles. The van der Waals surface area contributed by atoms with Gasteiger partial charge in [-0.25, -0.2) is 4.79 Å². The molecule has 0 amide bonds. The lowest BCUT2D eigenvalue weighted by Crippen LogP contribution is -2.02. The molecule has 17 heavy (non-hydrogen) atoms. The van der Waals surface area contributed by atoms with Gasteiger partial charge in [0.05, 0.1) is 7.11 Å². The van der Waals surface area contributed by atoms with Gasteiger partial charge < -0.3 is 4.74 Å². The third kappa shape index (κ3) is 8.43. The van der Waals surface area contributed by atoms with E-state index in [-0.39, 0.29) is 11.8 Å². The van der Waals surface area contributed by atoms with Gasteiger partial charge in [0, 0.05) is 5.57 Å². The number of ketones is 1. The van der Waals surface area contributed by atoms with Gasteiger partial charge in [-0.15, -0.1) is 0 Å². The van der Waals surface area contributed by atoms with Gasteiger partial charge in [0.1, 0.15) is 0 Å². The van der Waals surface area contributed by atoms with Crippen LogP contribution >= 0.6 is 0 Å². The molecule has 3 nitrogen and oxygen atoms in total. The Morgan fingerprint density at radius 1 is 0.706 bits per heavy atom. The van der Waals surface area contributed by atoms with Crippen molar-refractivity contribution in [3.8, 4) is 0 Å². The lowest BCUT2D eigenvalue weighted by atomic mass is 10.1. The largest absolute Gasteiger partial charge is 0.466 e. The number of Topliss-reactive ketones (excluding diaryl/α,β-unsaturated/α-hetero) is 1. The number of rotatable bonds is 2. The Bertz CT molecular complexity index is 338. The SMILES string of the molecule is CC(=O)C(C)=C(C)C.COC(=O)C(C)=C(C)C. The van der Waals surface area contributed by atoms with Gasteiger partial charge in [0.25, 0.3) is 0 Å². The quantitative estimate of drug-likeness (QED) is 0.548. The Balaban J connectivity index is 0. The zero-order valence-electron chi connectivity index (χ0n) is 12.2. The molecule has 0 aromatic heterocycles. The number of hydrogen-bond acceptors (Lipinski definition) is 3. The smallest absolute Gasteiger partial charge is 0.333 e. The van der Waals surface area contributed by atoms with Crippen LogP contribution in [0.2, 0.25) is 0 Å². The molecule has 0 rings (SSSR count). The topological polar surface area (TPSA) is 43.4 Å². The first kappa shape index (κ1) is 18.0. The monoisotopic (exact) mass is 240 g/mol. The summed E-state index contributed by atoms with van der Waals surface area (Å²) in [5.41, 5.74) is 3.68. The molecule has 0 fully saturated rings. The van der Waals surface area contributed by atoms with E-state index in [9.17, 15) is 9.59 Å². The highest BCUT2D eigenvalue weighted by Gasteiger charge is 2.02. The van der Waals surface area contributed by atoms with Gasteiger partial charge >= 0.3 is 5.97 Å². The van der Waals surface area contributed by atoms with Crippen LogP contribution in [0.5, 0.6) is 0 Å². The molecular formula is C14H24O3. The lowest BCUT2D eigenvalue weighted by molar-refractivity contribution is -0.136. The average Bonchev–Trinajstić information content (AvgIpc) is 2.26. The average molecular weight is 240 g/mol. The Labute approximate surface area is 105 Å². The van der Waals surface area contributed by atoms with E-state index in [1.165, 1.54) is 7.11 Å². The van der Waals surface area contributed by atoms with Gasteiger partial charge in [0.15, 0.2) is 5.78 Å². The summed E-state index contributed by atoms with van der Waals surface area (Å²) in [5.74, 6) is -0.0694. The second kappa shape index (κ2) is 8.74. The zero-order valence-corrected chi connectivity index (χ0v) is 12.2. The van der Waals surface area contributed by atoms with Crippen molar-refractivity contribution in [2.75, 3.05) is 7.11 Å². The fourth-order valence-electron chi connectivity index (χ4n) is 0.709. The minimum atomic E-state index is -0.241. The van der Waals surface area contributed by atoms with Crippen LogP contribution in [0.3, 0.4) is 0 Å². The Kier molecular flexibility index (Phi) is 9.25. The zero-order chi connectivity index (χ0) is 14.2. The summed E-state index contributed by atoms with van der Waals surface area (Å²) in [6.45, 7) is 12.8. The molecule has 0 heterocycles. The summed E-state index contributed by atoms with van der Waals surface area (Å²) in [7, 11) is 1.38. The van der Waals surface area contributed by atoms with E-state index in [4.69, 9.17) is 0 Å². The fourth-order valence-corrected chi connectivity index (χ4v) is 0.709. The van der Waals surface area contributed by atoms with E-state index in [0.29, 0.717) is 5.57 Å². The summed E-state index contributed by atoms with van der Waals surface area (Å²) in [6, 6.07) is 0. The van der Waals surface area contributed by atoms with E-state index < -0.39 is 0 Å². The van der Waals surface area contributed by atoms with Crippen LogP contribution in [0.15, 0.2) is 22.3 Å². The molecule has 0 spiro atoms. The van der Waals surface area contributed by atoms with Crippen LogP contribution in [-0.4, -0.2) is 18.9 Å². The summed E-state index contributed by atoms with van der Waals surface area (Å²) >= 11 is 0. The summed E-state index contributed by atoms with van der Waals surface area (Å²) in [6.07, 6.45) is 0. The molecule has 0 saturated heterocycles. The van der Waals surface area contributed by atoms with Crippen LogP contribution < -0.4 is 0 Å². The van der Waals surface area contributed by atoms with E-state index in [2.05, 4.69) is 4.74 Å². The number of allylic oxidation sites excluding steroid dienone is 3. The van der Waals surface area contributed by atoms with Crippen LogP contribution in [0.4, 0.5) is 0 Å². The first-order chi connectivity index (χ1) is 7.64. The fraction of sp³-hybridized carbons (Fsp3) is 0.571. The third-order valence-corrected chi connectivity index (χ3v) is 2.52. The standard InChI is InChI=1S/C7H12O2.C7H12O/c1-5(2)6(3)7(8)9-4;1-5(2)6(3)7(4)8/h1-4H3;1-4H3. The molecule has 98 valence electrons. The normalized spacial score (nSPS) is 8.47. The van der Waals surface area contributed by atoms with Gasteiger partial charge in [-0.05, 0) is 54.0 Å². The van der Waals surface area contributed by atoms with E-state index in [1.807, 2.05) is 34.6 Å². The van der Waals surface area contributed by atoms with Crippen molar-refractivity contribution in [2.45, 2.75) is 48.5 Å². The molecule has 0 aliphatic heterocycles. The summed E-state index contributed by atoms with van der Waals surface area (Å²) < 4.78 is 4.48. The van der Waals surface area contributed by atoms with Crippen molar-refractivity contribution in [1.29, 1.82) is 0 Å². The minimum Gasteiger partial charge on any atom is -0.466 e. The maximum atomic E-state index is 10.7.